The Kier molecular flexibility index (Phi) is 7.50. The van der Waals surface area contributed by atoms with Crippen molar-refractivity contribution in [2.24, 2.45) is 0 Å². The van der Waals surface area contributed by atoms with Crippen LogP contribution in [0.5, 0.6) is 0 Å². The number of amidine groups is 1. The van der Waals surface area contributed by atoms with E-state index in [1.54, 1.807) is 18.3 Å². The quantitative estimate of drug-likeness (QED) is 0.320. The monoisotopic (exact) mass is 397 g/mol. The Hall–Kier alpha value is -2.02. The van der Waals surface area contributed by atoms with Crippen LogP contribution >= 0.6 is 23.2 Å². The van der Waals surface area contributed by atoms with Crippen molar-refractivity contribution >= 4 is 34.9 Å². The second kappa shape index (κ2) is 9.62. The molecule has 2 aromatic rings. The highest BCUT2D eigenvalue weighted by Crippen LogP contribution is 2.16. The molecule has 0 saturated carbocycles. The largest absolute Gasteiger partial charge is 0.373 e. The second-order valence-electron chi connectivity index (χ2n) is 5.52. The molecule has 0 radical (unpaired) electrons. The van der Waals surface area contributed by atoms with E-state index in [2.05, 4.69) is 10.3 Å². The average molecular weight is 398 g/mol. The minimum Gasteiger partial charge on any atom is -0.373 e. The molecule has 1 amide bonds. The molecule has 0 bridgehead atoms. The summed E-state index contributed by atoms with van der Waals surface area (Å²) in [7, 11) is 0. The van der Waals surface area contributed by atoms with E-state index < -0.39 is 11.7 Å². The van der Waals surface area contributed by atoms with Crippen molar-refractivity contribution in [1.29, 1.82) is 5.41 Å². The molecule has 0 saturated heterocycles. The zero-order chi connectivity index (χ0) is 19.1. The number of amides is 1. The van der Waals surface area contributed by atoms with Gasteiger partial charge in [0.1, 0.15) is 23.4 Å². The van der Waals surface area contributed by atoms with Gasteiger partial charge in [0.25, 0.3) is 5.91 Å². The summed E-state index contributed by atoms with van der Waals surface area (Å²) in [4.78, 5) is 16.2. The summed E-state index contributed by atoms with van der Waals surface area (Å²) < 4.78 is 18.4. The normalized spacial score (nSPS) is 10.6. The molecule has 5 nitrogen and oxygen atoms in total. The number of pyridine rings is 1. The average Bonchev–Trinajstić information content (AvgIpc) is 2.62. The highest BCUT2D eigenvalue weighted by atomic mass is 35.5. The number of hydrogen-bond donors (Lipinski definition) is 2. The smallest absolute Gasteiger partial charge is 0.259 e. The third-order valence-corrected chi connectivity index (χ3v) is 4.17. The lowest BCUT2D eigenvalue weighted by molar-refractivity contribution is 0.0970. The van der Waals surface area contributed by atoms with Crippen LogP contribution in [-0.4, -0.2) is 29.9 Å². The van der Waals surface area contributed by atoms with Crippen LogP contribution in [0.25, 0.3) is 0 Å². The fourth-order valence-electron chi connectivity index (χ4n) is 2.14. The zero-order valence-electron chi connectivity index (χ0n) is 14.1. The lowest BCUT2D eigenvalue weighted by Crippen LogP contribution is -2.33. The number of nitrogens with zero attached hydrogens (tertiary/aromatic N) is 1. The maximum absolute atomic E-state index is 13.1. The maximum atomic E-state index is 13.1. The van der Waals surface area contributed by atoms with E-state index in [1.165, 1.54) is 12.1 Å². The predicted molar refractivity (Wildman–Crippen MR) is 99.8 cm³/mol. The van der Waals surface area contributed by atoms with E-state index in [1.807, 2.05) is 6.92 Å². The van der Waals surface area contributed by atoms with Gasteiger partial charge >= 0.3 is 0 Å². The summed E-state index contributed by atoms with van der Waals surface area (Å²) in [6, 6.07) is 6.09. The van der Waals surface area contributed by atoms with Gasteiger partial charge in [0.05, 0.1) is 17.2 Å². The molecule has 1 aromatic carbocycles. The molecule has 0 unspecified atom stereocenters. The molecule has 26 heavy (non-hydrogen) atoms. The van der Waals surface area contributed by atoms with Crippen molar-refractivity contribution in [3.63, 3.8) is 0 Å². The number of aryl methyl sites for hydroxylation is 1. The van der Waals surface area contributed by atoms with Crippen LogP contribution in [0, 0.1) is 11.2 Å². The summed E-state index contributed by atoms with van der Waals surface area (Å²) in [6.45, 7) is 2.17. The molecule has 0 aliphatic carbocycles. The Morgan fingerprint density at radius 1 is 1.31 bits per heavy atom. The first-order valence-electron chi connectivity index (χ1n) is 7.95. The first-order chi connectivity index (χ1) is 12.4. The number of rotatable bonds is 7. The SMILES string of the molecule is CCc1cnc(Cl)c(C(=O)NC(=N)COCCc2ccc(F)c(Cl)c2)c1. The molecule has 8 heteroatoms. The standard InChI is InChI=1S/C18H18Cl2FN3O2/c1-2-11-7-13(17(20)23-9-11)18(25)24-16(22)10-26-6-5-12-3-4-15(21)14(19)8-12/h3-4,7-9H,2,5-6,10H2,1H3,(H2,22,24,25). The molecular weight excluding hydrogens is 380 g/mol. The highest BCUT2D eigenvalue weighted by molar-refractivity contribution is 6.33. The number of carbonyl (C=O) groups excluding carboxylic acids is 1. The first-order valence-corrected chi connectivity index (χ1v) is 8.71. The van der Waals surface area contributed by atoms with Crippen molar-refractivity contribution in [2.45, 2.75) is 19.8 Å². The van der Waals surface area contributed by atoms with E-state index in [9.17, 15) is 9.18 Å². The van der Waals surface area contributed by atoms with E-state index in [0.717, 1.165) is 17.5 Å². The van der Waals surface area contributed by atoms with Crippen molar-refractivity contribution in [3.8, 4) is 0 Å². The number of nitrogens with one attached hydrogen (secondary N) is 2. The van der Waals surface area contributed by atoms with E-state index >= 15 is 0 Å². The predicted octanol–water partition coefficient (Wildman–Crippen LogP) is 4.06. The van der Waals surface area contributed by atoms with Crippen LogP contribution < -0.4 is 5.32 Å². The molecule has 1 aromatic heterocycles. The van der Waals surface area contributed by atoms with Crippen LogP contribution in [0.1, 0.15) is 28.4 Å². The summed E-state index contributed by atoms with van der Waals surface area (Å²) in [5, 5.41) is 10.4. The fourth-order valence-corrected chi connectivity index (χ4v) is 2.54. The number of hydrogen-bond acceptors (Lipinski definition) is 4. The van der Waals surface area contributed by atoms with Crippen molar-refractivity contribution in [3.05, 3.63) is 63.1 Å². The summed E-state index contributed by atoms with van der Waals surface area (Å²) in [5.74, 6) is -1.07. The maximum Gasteiger partial charge on any atom is 0.259 e. The topological polar surface area (TPSA) is 75.1 Å². The van der Waals surface area contributed by atoms with Crippen molar-refractivity contribution in [1.82, 2.24) is 10.3 Å². The van der Waals surface area contributed by atoms with Crippen LogP contribution in [0.15, 0.2) is 30.5 Å². The van der Waals surface area contributed by atoms with Gasteiger partial charge in [-0.1, -0.05) is 36.2 Å². The molecule has 0 aliphatic rings. The molecule has 2 rings (SSSR count). The second-order valence-corrected chi connectivity index (χ2v) is 6.28. The molecule has 0 atom stereocenters. The molecule has 0 aliphatic heterocycles. The van der Waals surface area contributed by atoms with Gasteiger partial charge in [-0.3, -0.25) is 10.2 Å². The molecule has 2 N–H and O–H groups in total. The zero-order valence-corrected chi connectivity index (χ0v) is 15.6. The third kappa shape index (κ3) is 5.76. The van der Waals surface area contributed by atoms with Crippen LogP contribution in [0.2, 0.25) is 10.2 Å². The van der Waals surface area contributed by atoms with Gasteiger partial charge in [-0.25, -0.2) is 9.37 Å². The fraction of sp³-hybridized carbons (Fsp3) is 0.278. The van der Waals surface area contributed by atoms with Gasteiger partial charge in [-0.2, -0.15) is 0 Å². The van der Waals surface area contributed by atoms with Crippen LogP contribution in [0.3, 0.4) is 0 Å². The third-order valence-electron chi connectivity index (χ3n) is 3.58. The van der Waals surface area contributed by atoms with Gasteiger partial charge in [0.15, 0.2) is 0 Å². The molecule has 1 heterocycles. The number of halogens is 3. The van der Waals surface area contributed by atoms with Gasteiger partial charge < -0.3 is 10.1 Å². The van der Waals surface area contributed by atoms with E-state index in [4.69, 9.17) is 33.3 Å². The van der Waals surface area contributed by atoms with Crippen molar-refractivity contribution in [2.75, 3.05) is 13.2 Å². The minimum atomic E-state index is -0.503. The lowest BCUT2D eigenvalue weighted by atomic mass is 10.1. The van der Waals surface area contributed by atoms with Crippen LogP contribution in [-0.2, 0) is 17.6 Å². The number of carbonyl (C=O) groups is 1. The first kappa shape index (κ1) is 20.3. The lowest BCUT2D eigenvalue weighted by Gasteiger charge is -2.09. The summed E-state index contributed by atoms with van der Waals surface area (Å²) >= 11 is 11.7. The van der Waals surface area contributed by atoms with Gasteiger partial charge in [0, 0.05) is 6.20 Å². The van der Waals surface area contributed by atoms with Crippen molar-refractivity contribution < 1.29 is 13.9 Å². The summed E-state index contributed by atoms with van der Waals surface area (Å²) in [6.07, 6.45) is 2.84. The highest BCUT2D eigenvalue weighted by Gasteiger charge is 2.14. The summed E-state index contributed by atoms with van der Waals surface area (Å²) in [5.41, 5.74) is 1.92. The van der Waals surface area contributed by atoms with E-state index in [-0.39, 0.29) is 28.2 Å². The Balaban J connectivity index is 1.79. The minimum absolute atomic E-state index is 0.0577. The Bertz CT molecular complexity index is 815. The molecule has 138 valence electrons. The number of benzene rings is 1. The Morgan fingerprint density at radius 3 is 2.77 bits per heavy atom. The van der Waals surface area contributed by atoms with Gasteiger partial charge in [-0.05, 0) is 42.2 Å². The van der Waals surface area contributed by atoms with E-state index in [0.29, 0.717) is 13.0 Å². The Labute approximate surface area is 161 Å². The number of aromatic nitrogens is 1. The molecule has 0 fully saturated rings. The van der Waals surface area contributed by atoms with Crippen LogP contribution in [0.4, 0.5) is 4.39 Å². The number of ether oxygens (including phenoxy) is 1. The molecular formula is C18H18Cl2FN3O2. The molecule has 0 spiro atoms. The Morgan fingerprint density at radius 2 is 2.08 bits per heavy atom. The van der Waals surface area contributed by atoms with Gasteiger partial charge in [0.2, 0.25) is 0 Å². The van der Waals surface area contributed by atoms with Gasteiger partial charge in [-0.15, -0.1) is 0 Å².